The van der Waals surface area contributed by atoms with Gasteiger partial charge >= 0.3 is 0 Å². The van der Waals surface area contributed by atoms with Crippen molar-refractivity contribution >= 4 is 22.0 Å². The van der Waals surface area contributed by atoms with Crippen molar-refractivity contribution < 1.29 is 18.1 Å². The van der Waals surface area contributed by atoms with E-state index in [9.17, 15) is 13.2 Å². The summed E-state index contributed by atoms with van der Waals surface area (Å²) in [6, 6.07) is 19.5. The molecule has 3 rings (SSSR count). The van der Waals surface area contributed by atoms with E-state index in [0.717, 1.165) is 10.5 Å². The molecule has 6 nitrogen and oxygen atoms in total. The maximum absolute atomic E-state index is 12.6. The van der Waals surface area contributed by atoms with Gasteiger partial charge in [-0.3, -0.25) is 4.79 Å². The van der Waals surface area contributed by atoms with Crippen LogP contribution in [0.2, 0.25) is 0 Å². The highest BCUT2D eigenvalue weighted by atomic mass is 32.2. The molecule has 160 valence electrons. The number of nitrogens with one attached hydrogen (secondary N) is 2. The molecule has 1 aliphatic rings. The van der Waals surface area contributed by atoms with E-state index in [1.165, 1.54) is 15.3 Å². The Balaban J connectivity index is 1.42. The molecule has 1 atom stereocenters. The minimum absolute atomic E-state index is 0.00746. The third kappa shape index (κ3) is 6.52. The number of benzene rings is 2. The Kier molecular flexibility index (Phi) is 7.79. The molecule has 1 aliphatic heterocycles. The lowest BCUT2D eigenvalue weighted by molar-refractivity contribution is -0.895. The highest BCUT2D eigenvalue weighted by molar-refractivity contribution is 7.92. The largest absolute Gasteiger partial charge is 0.351 e. The van der Waals surface area contributed by atoms with Crippen LogP contribution in [0.4, 0.5) is 0 Å². The van der Waals surface area contributed by atoms with Gasteiger partial charge in [0.2, 0.25) is 10.0 Å². The maximum Gasteiger partial charge on any atom is 0.275 e. The quantitative estimate of drug-likeness (QED) is 0.662. The zero-order valence-corrected chi connectivity index (χ0v) is 18.1. The van der Waals surface area contributed by atoms with Crippen molar-refractivity contribution in [2.75, 3.05) is 39.3 Å². The van der Waals surface area contributed by atoms with Gasteiger partial charge in [0, 0.05) is 12.0 Å². The zero-order chi connectivity index (χ0) is 21.4. The lowest BCUT2D eigenvalue weighted by Gasteiger charge is -2.30. The molecule has 1 amide bonds. The van der Waals surface area contributed by atoms with Crippen LogP contribution in [-0.4, -0.2) is 57.9 Å². The van der Waals surface area contributed by atoms with E-state index in [-0.39, 0.29) is 11.8 Å². The number of hydrogen-bond acceptors (Lipinski definition) is 3. The van der Waals surface area contributed by atoms with Crippen LogP contribution in [0.15, 0.2) is 66.1 Å². The number of amides is 1. The van der Waals surface area contributed by atoms with Gasteiger partial charge in [0.15, 0.2) is 6.54 Å². The molecule has 2 N–H and O–H groups in total. The first-order valence-corrected chi connectivity index (χ1v) is 11.8. The zero-order valence-electron chi connectivity index (χ0n) is 17.3. The van der Waals surface area contributed by atoms with Crippen LogP contribution in [0.5, 0.6) is 0 Å². The van der Waals surface area contributed by atoms with Gasteiger partial charge in [-0.1, -0.05) is 67.6 Å². The van der Waals surface area contributed by atoms with E-state index in [4.69, 9.17) is 0 Å². The lowest BCUT2D eigenvalue weighted by atomic mass is 10.0. The molecule has 0 bridgehead atoms. The molecule has 0 saturated carbocycles. The maximum atomic E-state index is 12.6. The number of nitrogens with zero attached hydrogens (tertiary/aromatic N) is 1. The van der Waals surface area contributed by atoms with E-state index in [0.29, 0.717) is 39.3 Å². The monoisotopic (exact) mass is 428 g/mol. The van der Waals surface area contributed by atoms with Crippen molar-refractivity contribution in [2.45, 2.75) is 12.8 Å². The molecule has 0 unspecified atom stereocenters. The molecule has 1 saturated heterocycles. The molecular weight excluding hydrogens is 398 g/mol. The SMILES string of the molecule is C[C@@H](CNC(=O)C[NH+]1CCN(S(=O)(=O)/C=C/c2ccccc2)CC1)c1ccccc1. The molecule has 30 heavy (non-hydrogen) atoms. The summed E-state index contributed by atoms with van der Waals surface area (Å²) in [5, 5.41) is 4.27. The topological polar surface area (TPSA) is 70.9 Å². The van der Waals surface area contributed by atoms with E-state index < -0.39 is 10.0 Å². The molecule has 0 spiro atoms. The first kappa shape index (κ1) is 22.2. The standard InChI is InChI=1S/C23H29N3O3S/c1-20(22-10-6-3-7-11-22)18-24-23(27)19-25-13-15-26(16-14-25)30(28,29)17-12-21-8-4-2-5-9-21/h2-12,17,20H,13-16,18-19H2,1H3,(H,24,27)/p+1/b17-12+/t20-/m0/s1. The summed E-state index contributed by atoms with van der Waals surface area (Å²) in [4.78, 5) is 13.4. The Morgan fingerprint density at radius 1 is 1.07 bits per heavy atom. The van der Waals surface area contributed by atoms with Crippen LogP contribution >= 0.6 is 0 Å². The van der Waals surface area contributed by atoms with Gasteiger partial charge in [0.25, 0.3) is 5.91 Å². The fourth-order valence-electron chi connectivity index (χ4n) is 3.50. The van der Waals surface area contributed by atoms with Gasteiger partial charge in [-0.25, -0.2) is 8.42 Å². The smallest absolute Gasteiger partial charge is 0.275 e. The van der Waals surface area contributed by atoms with Gasteiger partial charge in [0.1, 0.15) is 0 Å². The van der Waals surface area contributed by atoms with Gasteiger partial charge in [-0.15, -0.1) is 0 Å². The summed E-state index contributed by atoms with van der Waals surface area (Å²) in [5.74, 6) is 0.261. The Bertz CT molecular complexity index is 938. The number of rotatable bonds is 8. The third-order valence-corrected chi connectivity index (χ3v) is 6.97. The number of carbonyl (C=O) groups is 1. The highest BCUT2D eigenvalue weighted by Gasteiger charge is 2.28. The Morgan fingerprint density at radius 2 is 1.67 bits per heavy atom. The molecule has 0 aliphatic carbocycles. The second-order valence-electron chi connectivity index (χ2n) is 7.70. The average molecular weight is 429 g/mol. The van der Waals surface area contributed by atoms with Crippen molar-refractivity contribution in [1.82, 2.24) is 9.62 Å². The van der Waals surface area contributed by atoms with E-state index >= 15 is 0 Å². The van der Waals surface area contributed by atoms with Gasteiger partial charge in [0.05, 0.1) is 26.2 Å². The summed E-state index contributed by atoms with van der Waals surface area (Å²) in [5.41, 5.74) is 2.05. The minimum Gasteiger partial charge on any atom is -0.351 e. The van der Waals surface area contributed by atoms with Gasteiger partial charge < -0.3 is 10.2 Å². The molecule has 1 heterocycles. The molecule has 7 heteroatoms. The Morgan fingerprint density at radius 3 is 2.30 bits per heavy atom. The molecule has 2 aromatic carbocycles. The van der Waals surface area contributed by atoms with E-state index in [2.05, 4.69) is 24.4 Å². The predicted octanol–water partition coefficient (Wildman–Crippen LogP) is 1.11. The fourth-order valence-corrected chi connectivity index (χ4v) is 4.70. The molecule has 0 aromatic heterocycles. The van der Waals surface area contributed by atoms with Crippen molar-refractivity contribution in [3.8, 4) is 0 Å². The van der Waals surface area contributed by atoms with Crippen molar-refractivity contribution in [3.05, 3.63) is 77.2 Å². The third-order valence-electron chi connectivity index (χ3n) is 5.41. The Hall–Kier alpha value is -2.48. The number of sulfonamides is 1. The molecule has 0 radical (unpaired) electrons. The van der Waals surface area contributed by atoms with E-state index in [1.54, 1.807) is 6.08 Å². The normalized spacial score (nSPS) is 17.1. The van der Waals surface area contributed by atoms with Crippen LogP contribution in [0.3, 0.4) is 0 Å². The second kappa shape index (κ2) is 10.5. The average Bonchev–Trinajstić information content (AvgIpc) is 2.78. The number of hydrogen-bond donors (Lipinski definition) is 2. The predicted molar refractivity (Wildman–Crippen MR) is 119 cm³/mol. The molecule has 2 aromatic rings. The van der Waals surface area contributed by atoms with E-state index in [1.807, 2.05) is 48.5 Å². The summed E-state index contributed by atoms with van der Waals surface area (Å²) in [7, 11) is -3.45. The summed E-state index contributed by atoms with van der Waals surface area (Å²) >= 11 is 0. The van der Waals surface area contributed by atoms with Crippen LogP contribution in [0, 0.1) is 0 Å². The summed E-state index contributed by atoms with van der Waals surface area (Å²) in [6.07, 6.45) is 1.62. The molecule has 1 fully saturated rings. The lowest BCUT2D eigenvalue weighted by Crippen LogP contribution is -3.15. The first-order valence-electron chi connectivity index (χ1n) is 10.3. The van der Waals surface area contributed by atoms with Crippen LogP contribution in [0.1, 0.15) is 24.0 Å². The fraction of sp³-hybridized carbons (Fsp3) is 0.348. The first-order chi connectivity index (χ1) is 14.4. The summed E-state index contributed by atoms with van der Waals surface area (Å²) in [6.45, 7) is 5.15. The Labute approximate surface area is 179 Å². The van der Waals surface area contributed by atoms with Crippen molar-refractivity contribution in [2.24, 2.45) is 0 Å². The summed E-state index contributed by atoms with van der Waals surface area (Å²) < 4.78 is 26.6. The number of piperazine rings is 1. The second-order valence-corrected chi connectivity index (χ2v) is 9.52. The highest BCUT2D eigenvalue weighted by Crippen LogP contribution is 2.12. The van der Waals surface area contributed by atoms with Crippen molar-refractivity contribution in [1.29, 1.82) is 0 Å². The molecular formula is C23H30N3O3S+. The van der Waals surface area contributed by atoms with Crippen LogP contribution < -0.4 is 10.2 Å². The van der Waals surface area contributed by atoms with Crippen molar-refractivity contribution in [3.63, 3.8) is 0 Å². The minimum atomic E-state index is -3.45. The van der Waals surface area contributed by atoms with Gasteiger partial charge in [-0.05, 0) is 23.1 Å². The van der Waals surface area contributed by atoms with Crippen LogP contribution in [-0.2, 0) is 14.8 Å². The van der Waals surface area contributed by atoms with Crippen LogP contribution in [0.25, 0.3) is 6.08 Å². The van der Waals surface area contributed by atoms with Gasteiger partial charge in [-0.2, -0.15) is 4.31 Å². The number of carbonyl (C=O) groups excluding carboxylic acids is 1. The number of quaternary nitrogens is 1.